The van der Waals surface area contributed by atoms with Crippen molar-refractivity contribution in [3.63, 3.8) is 0 Å². The molecule has 3 rings (SSSR count). The highest BCUT2D eigenvalue weighted by Crippen LogP contribution is 2.34. The van der Waals surface area contributed by atoms with Crippen molar-refractivity contribution in [3.8, 4) is 17.2 Å². The molecule has 0 radical (unpaired) electrons. The summed E-state index contributed by atoms with van der Waals surface area (Å²) in [6.45, 7) is 2.21. The maximum absolute atomic E-state index is 10.4. The minimum atomic E-state index is -0.654. The molecule has 1 heterocycles. The Bertz CT molecular complexity index is 780. The van der Waals surface area contributed by atoms with Crippen LogP contribution < -0.4 is 14.2 Å². The fraction of sp³-hybridized carbons (Fsp3) is 0.400. The first-order chi connectivity index (χ1) is 13.0. The molecule has 0 aromatic heterocycles. The van der Waals surface area contributed by atoms with Crippen LogP contribution in [-0.4, -0.2) is 50.0 Å². The van der Waals surface area contributed by atoms with E-state index in [2.05, 4.69) is 4.90 Å². The highest BCUT2D eigenvalue weighted by atomic mass is 35.5. The van der Waals surface area contributed by atoms with Crippen LogP contribution in [0.25, 0.3) is 0 Å². The van der Waals surface area contributed by atoms with Crippen LogP contribution in [0.3, 0.4) is 0 Å². The molecule has 0 amide bonds. The number of hydrogen-bond donors (Lipinski definition) is 1. The quantitative estimate of drug-likeness (QED) is 0.750. The van der Waals surface area contributed by atoms with Gasteiger partial charge in [0.2, 0.25) is 0 Å². The summed E-state index contributed by atoms with van der Waals surface area (Å²) >= 11 is 12.2. The van der Waals surface area contributed by atoms with E-state index in [0.717, 1.165) is 31.0 Å². The third kappa shape index (κ3) is 4.79. The van der Waals surface area contributed by atoms with Crippen molar-refractivity contribution < 1.29 is 19.3 Å². The van der Waals surface area contributed by atoms with E-state index in [1.54, 1.807) is 32.4 Å². The van der Waals surface area contributed by atoms with Crippen molar-refractivity contribution in [3.05, 3.63) is 51.5 Å². The summed E-state index contributed by atoms with van der Waals surface area (Å²) in [7, 11) is 3.27. The van der Waals surface area contributed by atoms with E-state index in [1.807, 2.05) is 12.1 Å². The lowest BCUT2D eigenvalue weighted by Crippen LogP contribution is -2.38. The first kappa shape index (κ1) is 20.1. The Morgan fingerprint density at radius 2 is 1.70 bits per heavy atom. The molecule has 1 aliphatic rings. The number of halogens is 2. The van der Waals surface area contributed by atoms with Gasteiger partial charge in [0, 0.05) is 19.6 Å². The summed E-state index contributed by atoms with van der Waals surface area (Å²) in [6, 6.07) is 9.20. The molecular weight excluding hydrogens is 389 g/mol. The lowest BCUT2D eigenvalue weighted by molar-refractivity contribution is 0.0638. The van der Waals surface area contributed by atoms with E-state index in [0.29, 0.717) is 22.3 Å². The molecule has 2 aromatic carbocycles. The van der Waals surface area contributed by atoms with Gasteiger partial charge in [0.1, 0.15) is 12.7 Å². The minimum Gasteiger partial charge on any atom is -0.493 e. The van der Waals surface area contributed by atoms with Crippen LogP contribution >= 0.6 is 23.2 Å². The maximum Gasteiger partial charge on any atom is 0.161 e. The van der Waals surface area contributed by atoms with E-state index in [1.165, 1.54) is 11.1 Å². The topological polar surface area (TPSA) is 51.2 Å². The summed E-state index contributed by atoms with van der Waals surface area (Å²) < 4.78 is 16.4. The van der Waals surface area contributed by atoms with Gasteiger partial charge in [0.05, 0.1) is 24.3 Å². The standard InChI is InChI=1S/C20H23Cl2NO4/c1-25-18-8-13-6-7-23(10-14(13)9-19(18)26-2)11-15(24)12-27-20-16(21)4-3-5-17(20)22/h3-5,8-9,15,24H,6-7,10-12H2,1-2H3/t15-/m0/s1. The number of para-hydroxylation sites is 1. The summed E-state index contributed by atoms with van der Waals surface area (Å²) in [6.07, 6.45) is 0.235. The average molecular weight is 412 g/mol. The molecule has 0 bridgehead atoms. The number of β-amino-alcohol motifs (C(OH)–C–C–N with tert-alkyl or cyclic N) is 1. The van der Waals surface area contributed by atoms with Crippen LogP contribution in [0.2, 0.25) is 10.0 Å². The molecule has 0 saturated carbocycles. The highest BCUT2D eigenvalue weighted by molar-refractivity contribution is 6.37. The lowest BCUT2D eigenvalue weighted by Gasteiger charge is -2.31. The second-order valence-corrected chi connectivity index (χ2v) is 7.29. The predicted molar refractivity (Wildman–Crippen MR) is 106 cm³/mol. The molecule has 0 unspecified atom stereocenters. The lowest BCUT2D eigenvalue weighted by atomic mass is 9.98. The molecule has 0 aliphatic carbocycles. The Morgan fingerprint density at radius 3 is 2.33 bits per heavy atom. The Morgan fingerprint density at radius 1 is 1.07 bits per heavy atom. The summed E-state index contributed by atoms with van der Waals surface area (Å²) in [5.74, 6) is 1.87. The molecule has 7 heteroatoms. The number of hydrogen-bond acceptors (Lipinski definition) is 5. The molecule has 27 heavy (non-hydrogen) atoms. The fourth-order valence-electron chi connectivity index (χ4n) is 3.25. The van der Waals surface area contributed by atoms with Gasteiger partial charge in [-0.2, -0.15) is 0 Å². The van der Waals surface area contributed by atoms with Gasteiger partial charge in [-0.25, -0.2) is 0 Å². The number of aliphatic hydroxyl groups is 1. The summed E-state index contributed by atoms with van der Waals surface area (Å²) in [5.41, 5.74) is 2.43. The summed E-state index contributed by atoms with van der Waals surface area (Å²) in [5, 5.41) is 11.2. The van der Waals surface area contributed by atoms with Crippen molar-refractivity contribution >= 4 is 23.2 Å². The van der Waals surface area contributed by atoms with Gasteiger partial charge >= 0.3 is 0 Å². The van der Waals surface area contributed by atoms with Crippen LogP contribution in [0.15, 0.2) is 30.3 Å². The van der Waals surface area contributed by atoms with Crippen LogP contribution in [0, 0.1) is 0 Å². The zero-order valence-electron chi connectivity index (χ0n) is 15.4. The monoisotopic (exact) mass is 411 g/mol. The first-order valence-electron chi connectivity index (χ1n) is 8.72. The molecule has 0 fully saturated rings. The van der Waals surface area contributed by atoms with Crippen LogP contribution in [0.1, 0.15) is 11.1 Å². The molecule has 0 spiro atoms. The molecular formula is C20H23Cl2NO4. The molecule has 146 valence electrons. The number of benzene rings is 2. The van der Waals surface area contributed by atoms with E-state index in [4.69, 9.17) is 37.4 Å². The normalized spacial score (nSPS) is 15.1. The Labute approximate surface area is 169 Å². The van der Waals surface area contributed by atoms with E-state index in [-0.39, 0.29) is 6.61 Å². The average Bonchev–Trinajstić information content (AvgIpc) is 2.66. The molecule has 1 N–H and O–H groups in total. The van der Waals surface area contributed by atoms with E-state index < -0.39 is 6.10 Å². The van der Waals surface area contributed by atoms with E-state index >= 15 is 0 Å². The van der Waals surface area contributed by atoms with E-state index in [9.17, 15) is 5.11 Å². The minimum absolute atomic E-state index is 0.124. The van der Waals surface area contributed by atoms with Crippen molar-refractivity contribution in [1.82, 2.24) is 4.90 Å². The van der Waals surface area contributed by atoms with Gasteiger partial charge in [0.25, 0.3) is 0 Å². The Balaban J connectivity index is 1.59. The van der Waals surface area contributed by atoms with Gasteiger partial charge in [-0.05, 0) is 41.8 Å². The molecule has 1 atom stereocenters. The predicted octanol–water partition coefficient (Wildman–Crippen LogP) is 3.81. The van der Waals surface area contributed by atoms with Crippen LogP contribution in [0.4, 0.5) is 0 Å². The van der Waals surface area contributed by atoms with Crippen LogP contribution in [0.5, 0.6) is 17.2 Å². The number of fused-ring (bicyclic) bond motifs is 1. The van der Waals surface area contributed by atoms with Gasteiger partial charge in [-0.15, -0.1) is 0 Å². The Hall–Kier alpha value is -1.66. The van der Waals surface area contributed by atoms with Gasteiger partial charge < -0.3 is 19.3 Å². The molecule has 1 aliphatic heterocycles. The van der Waals surface area contributed by atoms with Crippen LogP contribution in [-0.2, 0) is 13.0 Å². The van der Waals surface area contributed by atoms with Crippen molar-refractivity contribution in [2.45, 2.75) is 19.1 Å². The zero-order chi connectivity index (χ0) is 19.4. The molecule has 5 nitrogen and oxygen atoms in total. The van der Waals surface area contributed by atoms with Gasteiger partial charge in [0.15, 0.2) is 17.2 Å². The first-order valence-corrected chi connectivity index (χ1v) is 9.48. The van der Waals surface area contributed by atoms with Crippen molar-refractivity contribution in [1.29, 1.82) is 0 Å². The van der Waals surface area contributed by atoms with Gasteiger partial charge in [-0.3, -0.25) is 4.90 Å². The molecule has 2 aromatic rings. The second kappa shape index (κ2) is 9.02. The highest BCUT2D eigenvalue weighted by Gasteiger charge is 2.22. The number of nitrogens with zero attached hydrogens (tertiary/aromatic N) is 1. The van der Waals surface area contributed by atoms with Crippen molar-refractivity contribution in [2.24, 2.45) is 0 Å². The number of rotatable bonds is 7. The number of ether oxygens (including phenoxy) is 3. The maximum atomic E-state index is 10.4. The number of methoxy groups -OCH3 is 2. The largest absolute Gasteiger partial charge is 0.493 e. The third-order valence-corrected chi connectivity index (χ3v) is 5.20. The zero-order valence-corrected chi connectivity index (χ0v) is 16.9. The fourth-order valence-corrected chi connectivity index (χ4v) is 3.75. The smallest absolute Gasteiger partial charge is 0.161 e. The summed E-state index contributed by atoms with van der Waals surface area (Å²) in [4.78, 5) is 2.19. The second-order valence-electron chi connectivity index (χ2n) is 6.48. The number of aliphatic hydroxyl groups excluding tert-OH is 1. The van der Waals surface area contributed by atoms with Gasteiger partial charge in [-0.1, -0.05) is 29.3 Å². The Kier molecular flexibility index (Phi) is 6.71. The SMILES string of the molecule is COc1cc2c(cc1OC)CN(C[C@H](O)COc1c(Cl)cccc1Cl)CC2. The van der Waals surface area contributed by atoms with Crippen molar-refractivity contribution in [2.75, 3.05) is 33.9 Å². The third-order valence-electron chi connectivity index (χ3n) is 4.61. The molecule has 0 saturated heterocycles.